The van der Waals surface area contributed by atoms with Crippen LogP contribution >= 0.6 is 0 Å². The lowest BCUT2D eigenvalue weighted by molar-refractivity contribution is 0.388. The second-order valence-corrected chi connectivity index (χ2v) is 6.68. The zero-order valence-electron chi connectivity index (χ0n) is 14.2. The number of piperidine rings is 1. The lowest BCUT2D eigenvalue weighted by Gasteiger charge is -2.39. The second-order valence-electron chi connectivity index (χ2n) is 6.68. The van der Waals surface area contributed by atoms with Crippen molar-refractivity contribution in [2.24, 2.45) is 5.92 Å². The van der Waals surface area contributed by atoms with Gasteiger partial charge in [-0.1, -0.05) is 27.7 Å². The molecule has 0 bridgehead atoms. The molecule has 1 fully saturated rings. The highest BCUT2D eigenvalue weighted by molar-refractivity contribution is 5.50. The van der Waals surface area contributed by atoms with Crippen molar-refractivity contribution in [2.75, 3.05) is 18.0 Å². The quantitative estimate of drug-likeness (QED) is 0.903. The number of anilines is 1. The van der Waals surface area contributed by atoms with Gasteiger partial charge in [0.25, 0.3) is 0 Å². The molecule has 21 heavy (non-hydrogen) atoms. The summed E-state index contributed by atoms with van der Waals surface area (Å²) in [6, 6.07) is 0.579. The minimum Gasteiger partial charge on any atom is -0.366 e. The molecule has 0 spiro atoms. The van der Waals surface area contributed by atoms with E-state index in [2.05, 4.69) is 49.8 Å². The third kappa shape index (κ3) is 3.94. The van der Waals surface area contributed by atoms with Gasteiger partial charge in [0.05, 0.1) is 17.6 Å². The first-order valence-corrected chi connectivity index (χ1v) is 8.36. The molecule has 1 aromatic rings. The van der Waals surface area contributed by atoms with E-state index in [1.807, 2.05) is 6.20 Å². The van der Waals surface area contributed by atoms with E-state index in [1.165, 1.54) is 18.5 Å². The SMILES string of the molecule is CCNCc1nc(C(C)C)ncc1N1CC(C)CCC1C. The smallest absolute Gasteiger partial charge is 0.131 e. The van der Waals surface area contributed by atoms with Gasteiger partial charge in [-0.15, -0.1) is 0 Å². The van der Waals surface area contributed by atoms with Crippen molar-refractivity contribution >= 4 is 5.69 Å². The van der Waals surface area contributed by atoms with Crippen molar-refractivity contribution in [1.29, 1.82) is 0 Å². The first kappa shape index (κ1) is 16.2. The number of hydrogen-bond acceptors (Lipinski definition) is 4. The van der Waals surface area contributed by atoms with Gasteiger partial charge in [-0.05, 0) is 32.2 Å². The fraction of sp³-hybridized carbons (Fsp3) is 0.765. The highest BCUT2D eigenvalue weighted by Crippen LogP contribution is 2.29. The van der Waals surface area contributed by atoms with Gasteiger partial charge in [0.2, 0.25) is 0 Å². The van der Waals surface area contributed by atoms with Crippen molar-refractivity contribution < 1.29 is 0 Å². The van der Waals surface area contributed by atoms with Crippen molar-refractivity contribution in [3.8, 4) is 0 Å². The van der Waals surface area contributed by atoms with E-state index in [1.54, 1.807) is 0 Å². The zero-order valence-corrected chi connectivity index (χ0v) is 14.2. The molecule has 4 heteroatoms. The third-order valence-electron chi connectivity index (χ3n) is 4.35. The summed E-state index contributed by atoms with van der Waals surface area (Å²) in [5.41, 5.74) is 2.37. The van der Waals surface area contributed by atoms with E-state index in [9.17, 15) is 0 Å². The Labute approximate surface area is 129 Å². The minimum absolute atomic E-state index is 0.372. The summed E-state index contributed by atoms with van der Waals surface area (Å²) in [7, 11) is 0. The molecule has 0 aromatic carbocycles. The van der Waals surface area contributed by atoms with Crippen molar-refractivity contribution in [3.05, 3.63) is 17.7 Å². The molecular weight excluding hydrogens is 260 g/mol. The number of rotatable bonds is 5. The van der Waals surface area contributed by atoms with Gasteiger partial charge in [0, 0.05) is 25.0 Å². The van der Waals surface area contributed by atoms with Gasteiger partial charge < -0.3 is 10.2 Å². The van der Waals surface area contributed by atoms with Gasteiger partial charge in [-0.25, -0.2) is 9.97 Å². The van der Waals surface area contributed by atoms with Crippen molar-refractivity contribution in [3.63, 3.8) is 0 Å². The van der Waals surface area contributed by atoms with Crippen LogP contribution in [0.4, 0.5) is 5.69 Å². The maximum Gasteiger partial charge on any atom is 0.131 e. The highest BCUT2D eigenvalue weighted by atomic mass is 15.2. The van der Waals surface area contributed by atoms with E-state index < -0.39 is 0 Å². The molecule has 2 heterocycles. The Morgan fingerprint density at radius 2 is 2.10 bits per heavy atom. The van der Waals surface area contributed by atoms with Gasteiger partial charge in [-0.2, -0.15) is 0 Å². The molecule has 2 unspecified atom stereocenters. The lowest BCUT2D eigenvalue weighted by atomic mass is 9.94. The predicted molar refractivity (Wildman–Crippen MR) is 88.7 cm³/mol. The van der Waals surface area contributed by atoms with Gasteiger partial charge >= 0.3 is 0 Å². The van der Waals surface area contributed by atoms with Crippen LogP contribution in [0.2, 0.25) is 0 Å². The molecule has 0 radical (unpaired) electrons. The molecule has 0 saturated carbocycles. The Bertz CT molecular complexity index is 458. The molecule has 2 rings (SSSR count). The topological polar surface area (TPSA) is 41.1 Å². The van der Waals surface area contributed by atoms with E-state index in [4.69, 9.17) is 4.98 Å². The van der Waals surface area contributed by atoms with E-state index in [0.717, 1.165) is 37.1 Å². The van der Waals surface area contributed by atoms with E-state index in [0.29, 0.717) is 12.0 Å². The Balaban J connectivity index is 2.31. The summed E-state index contributed by atoms with van der Waals surface area (Å²) in [5, 5.41) is 3.42. The molecule has 0 aliphatic carbocycles. The van der Waals surface area contributed by atoms with Crippen LogP contribution in [0.15, 0.2) is 6.20 Å². The van der Waals surface area contributed by atoms with Crippen LogP contribution in [-0.4, -0.2) is 29.1 Å². The highest BCUT2D eigenvalue weighted by Gasteiger charge is 2.25. The van der Waals surface area contributed by atoms with E-state index >= 15 is 0 Å². The summed E-state index contributed by atoms with van der Waals surface area (Å²) in [4.78, 5) is 11.9. The van der Waals surface area contributed by atoms with Crippen LogP contribution in [0.1, 0.15) is 64.9 Å². The lowest BCUT2D eigenvalue weighted by Crippen LogP contribution is -2.42. The minimum atomic E-state index is 0.372. The molecule has 4 nitrogen and oxygen atoms in total. The molecule has 1 saturated heterocycles. The summed E-state index contributed by atoms with van der Waals surface area (Å²) in [5.74, 6) is 2.07. The van der Waals surface area contributed by atoms with Crippen LogP contribution in [0, 0.1) is 5.92 Å². The number of hydrogen-bond donors (Lipinski definition) is 1. The molecule has 1 aromatic heterocycles. The normalized spacial score (nSPS) is 22.9. The molecule has 0 amide bonds. The number of aromatic nitrogens is 2. The van der Waals surface area contributed by atoms with Gasteiger partial charge in [0.1, 0.15) is 5.82 Å². The van der Waals surface area contributed by atoms with Gasteiger partial charge in [-0.3, -0.25) is 0 Å². The Hall–Kier alpha value is -1.16. The number of nitrogens with one attached hydrogen (secondary N) is 1. The average molecular weight is 290 g/mol. The van der Waals surface area contributed by atoms with Crippen molar-refractivity contribution in [2.45, 2.75) is 66.0 Å². The molecule has 2 atom stereocenters. The van der Waals surface area contributed by atoms with Crippen LogP contribution in [0.25, 0.3) is 0 Å². The monoisotopic (exact) mass is 290 g/mol. The Morgan fingerprint density at radius 1 is 1.33 bits per heavy atom. The molecule has 1 aliphatic rings. The van der Waals surface area contributed by atoms with Crippen molar-refractivity contribution in [1.82, 2.24) is 15.3 Å². The first-order valence-electron chi connectivity index (χ1n) is 8.36. The fourth-order valence-electron chi connectivity index (χ4n) is 2.94. The predicted octanol–water partition coefficient (Wildman–Crippen LogP) is 3.33. The molecular formula is C17H30N4. The summed E-state index contributed by atoms with van der Waals surface area (Å²) in [6.07, 6.45) is 4.63. The van der Waals surface area contributed by atoms with Crippen LogP contribution < -0.4 is 10.2 Å². The summed E-state index contributed by atoms with van der Waals surface area (Å²) < 4.78 is 0. The standard InChI is InChI=1S/C17H30N4/c1-6-18-9-15-16(10-19-17(20-15)12(2)3)21-11-13(4)7-8-14(21)5/h10,12-14,18H,6-9,11H2,1-5H3. The fourth-order valence-corrected chi connectivity index (χ4v) is 2.94. The Morgan fingerprint density at radius 3 is 2.76 bits per heavy atom. The maximum atomic E-state index is 4.83. The van der Waals surface area contributed by atoms with Crippen LogP contribution in [0.5, 0.6) is 0 Å². The summed E-state index contributed by atoms with van der Waals surface area (Å²) in [6.45, 7) is 14.0. The third-order valence-corrected chi connectivity index (χ3v) is 4.35. The maximum absolute atomic E-state index is 4.83. The average Bonchev–Trinajstić information content (AvgIpc) is 2.47. The Kier molecular flexibility index (Phi) is 5.57. The molecule has 1 aliphatic heterocycles. The second kappa shape index (κ2) is 7.21. The number of nitrogens with zero attached hydrogens (tertiary/aromatic N) is 3. The first-order chi connectivity index (χ1) is 10.0. The molecule has 118 valence electrons. The summed E-state index contributed by atoms with van der Waals surface area (Å²) >= 11 is 0. The van der Waals surface area contributed by atoms with Gasteiger partial charge in [0.15, 0.2) is 0 Å². The zero-order chi connectivity index (χ0) is 15.4. The molecule has 1 N–H and O–H groups in total. The van der Waals surface area contributed by atoms with Crippen LogP contribution in [0.3, 0.4) is 0 Å². The van der Waals surface area contributed by atoms with E-state index in [-0.39, 0.29) is 0 Å². The largest absolute Gasteiger partial charge is 0.366 e. The van der Waals surface area contributed by atoms with Crippen LogP contribution in [-0.2, 0) is 6.54 Å².